The lowest BCUT2D eigenvalue weighted by Crippen LogP contribution is -2.35. The first-order chi connectivity index (χ1) is 9.60. The Morgan fingerprint density at radius 3 is 2.57 bits per heavy atom. The molecule has 0 saturated carbocycles. The molecule has 1 amide bonds. The van der Waals surface area contributed by atoms with E-state index < -0.39 is 6.04 Å². The van der Waals surface area contributed by atoms with Crippen LogP contribution < -0.4 is 11.1 Å². The third kappa shape index (κ3) is 4.81. The van der Waals surface area contributed by atoms with Crippen molar-refractivity contribution in [3.05, 3.63) is 35.3 Å². The Balaban J connectivity index is 0.00000220. The largest absolute Gasteiger partial charge is 0.325 e. The number of carbonyl (C=O) groups is 1. The predicted molar refractivity (Wildman–Crippen MR) is 91.0 cm³/mol. The molecule has 0 aliphatic rings. The molecule has 0 fully saturated rings. The van der Waals surface area contributed by atoms with E-state index in [9.17, 15) is 4.79 Å². The molecule has 3 N–H and O–H groups in total. The average Bonchev–Trinajstić information content (AvgIpc) is 2.86. The van der Waals surface area contributed by atoms with Crippen molar-refractivity contribution in [3.63, 3.8) is 0 Å². The number of hydrogen-bond acceptors (Lipinski definition) is 4. The number of nitrogens with two attached hydrogens (primary N) is 1. The van der Waals surface area contributed by atoms with E-state index in [-0.39, 0.29) is 18.3 Å². The summed E-state index contributed by atoms with van der Waals surface area (Å²) >= 11 is 1.62. The molecule has 0 radical (unpaired) electrons. The lowest BCUT2D eigenvalue weighted by Gasteiger charge is -2.11. The number of nitrogens with zero attached hydrogens (tertiary/aromatic N) is 1. The van der Waals surface area contributed by atoms with Gasteiger partial charge in [0.2, 0.25) is 5.91 Å². The minimum atomic E-state index is -0.443. The molecule has 1 atom stereocenters. The van der Waals surface area contributed by atoms with Crippen molar-refractivity contribution in [2.45, 2.75) is 32.7 Å². The van der Waals surface area contributed by atoms with Crippen molar-refractivity contribution in [2.75, 3.05) is 5.32 Å². The molecule has 0 bridgehead atoms. The van der Waals surface area contributed by atoms with Gasteiger partial charge in [0, 0.05) is 22.3 Å². The summed E-state index contributed by atoms with van der Waals surface area (Å²) in [6.07, 6.45) is 1.60. The summed E-state index contributed by atoms with van der Waals surface area (Å²) in [5.74, 6) is -0.135. The van der Waals surface area contributed by atoms with Crippen molar-refractivity contribution in [3.8, 4) is 10.6 Å². The number of nitrogens with one attached hydrogen (secondary N) is 1. The lowest BCUT2D eigenvalue weighted by molar-refractivity contribution is -0.117. The van der Waals surface area contributed by atoms with Crippen LogP contribution in [0.3, 0.4) is 0 Å². The van der Waals surface area contributed by atoms with Crippen LogP contribution in [0, 0.1) is 6.92 Å². The second-order valence-electron chi connectivity index (χ2n) is 4.76. The van der Waals surface area contributed by atoms with Gasteiger partial charge in [0.05, 0.1) is 6.04 Å². The Hall–Kier alpha value is -1.43. The average molecular weight is 326 g/mol. The van der Waals surface area contributed by atoms with Gasteiger partial charge in [0.25, 0.3) is 0 Å². The Morgan fingerprint density at radius 2 is 2.05 bits per heavy atom. The van der Waals surface area contributed by atoms with Crippen LogP contribution in [-0.2, 0) is 4.79 Å². The molecule has 1 unspecified atom stereocenters. The fraction of sp³-hybridized carbons (Fsp3) is 0.333. The first kappa shape index (κ1) is 17.6. The van der Waals surface area contributed by atoms with Gasteiger partial charge in [0.15, 0.2) is 0 Å². The Kier molecular flexibility index (Phi) is 6.81. The summed E-state index contributed by atoms with van der Waals surface area (Å²) in [6, 6.07) is 7.23. The van der Waals surface area contributed by atoms with Gasteiger partial charge in [-0.1, -0.05) is 13.3 Å². The molecule has 114 valence electrons. The molecule has 1 heterocycles. The van der Waals surface area contributed by atoms with Crippen LogP contribution in [0.5, 0.6) is 0 Å². The third-order valence-corrected chi connectivity index (χ3v) is 3.96. The van der Waals surface area contributed by atoms with Gasteiger partial charge < -0.3 is 11.1 Å². The van der Waals surface area contributed by atoms with E-state index in [4.69, 9.17) is 5.73 Å². The summed E-state index contributed by atoms with van der Waals surface area (Å²) in [5, 5.41) is 5.84. The summed E-state index contributed by atoms with van der Waals surface area (Å²) in [4.78, 5) is 16.2. The van der Waals surface area contributed by atoms with Crippen LogP contribution in [-0.4, -0.2) is 16.9 Å². The molecule has 0 spiro atoms. The highest BCUT2D eigenvalue weighted by Crippen LogP contribution is 2.24. The zero-order chi connectivity index (χ0) is 14.5. The second kappa shape index (κ2) is 8.12. The summed E-state index contributed by atoms with van der Waals surface area (Å²) in [7, 11) is 0. The summed E-state index contributed by atoms with van der Waals surface area (Å²) in [6.45, 7) is 3.99. The number of aromatic nitrogens is 1. The number of thiazole rings is 1. The van der Waals surface area contributed by atoms with E-state index in [0.717, 1.165) is 28.4 Å². The molecule has 4 nitrogen and oxygen atoms in total. The van der Waals surface area contributed by atoms with Crippen molar-refractivity contribution >= 4 is 35.3 Å². The van der Waals surface area contributed by atoms with Crippen molar-refractivity contribution in [1.29, 1.82) is 0 Å². The fourth-order valence-corrected chi connectivity index (χ4v) is 2.66. The van der Waals surface area contributed by atoms with Gasteiger partial charge in [0.1, 0.15) is 5.01 Å². The quantitative estimate of drug-likeness (QED) is 0.882. The van der Waals surface area contributed by atoms with Gasteiger partial charge in [-0.15, -0.1) is 23.7 Å². The monoisotopic (exact) mass is 325 g/mol. The van der Waals surface area contributed by atoms with E-state index in [1.165, 1.54) is 0 Å². The molecule has 1 aromatic heterocycles. The fourth-order valence-electron chi connectivity index (χ4n) is 1.86. The van der Waals surface area contributed by atoms with Gasteiger partial charge in [-0.05, 0) is 37.6 Å². The first-order valence-electron chi connectivity index (χ1n) is 6.69. The zero-order valence-corrected chi connectivity index (χ0v) is 13.8. The smallest absolute Gasteiger partial charge is 0.241 e. The minimum absolute atomic E-state index is 0. The first-order valence-corrected chi connectivity index (χ1v) is 7.57. The van der Waals surface area contributed by atoms with E-state index in [2.05, 4.69) is 10.3 Å². The maximum absolute atomic E-state index is 11.8. The number of rotatable bonds is 5. The Labute approximate surface area is 135 Å². The molecular weight excluding hydrogens is 306 g/mol. The highest BCUT2D eigenvalue weighted by molar-refractivity contribution is 7.13. The van der Waals surface area contributed by atoms with Crippen LogP contribution in [0.2, 0.25) is 0 Å². The minimum Gasteiger partial charge on any atom is -0.325 e. The molecule has 2 rings (SSSR count). The Bertz CT molecular complexity index is 583. The van der Waals surface area contributed by atoms with Gasteiger partial charge in [-0.25, -0.2) is 4.98 Å². The second-order valence-corrected chi connectivity index (χ2v) is 5.61. The molecule has 1 aromatic carbocycles. The van der Waals surface area contributed by atoms with Crippen molar-refractivity contribution < 1.29 is 4.79 Å². The SMILES string of the molecule is CCCC(N)C(=O)Nc1ccc(-c2nc(C)cs2)cc1.Cl. The van der Waals surface area contributed by atoms with Crippen molar-refractivity contribution in [2.24, 2.45) is 5.73 Å². The molecule has 0 aliphatic heterocycles. The van der Waals surface area contributed by atoms with Crippen LogP contribution in [0.25, 0.3) is 10.6 Å². The maximum Gasteiger partial charge on any atom is 0.241 e. The topological polar surface area (TPSA) is 68.0 Å². The van der Waals surface area contributed by atoms with Gasteiger partial charge in [-0.2, -0.15) is 0 Å². The normalized spacial score (nSPS) is 11.6. The highest BCUT2D eigenvalue weighted by Gasteiger charge is 2.12. The summed E-state index contributed by atoms with van der Waals surface area (Å²) in [5.41, 5.74) is 8.62. The molecule has 21 heavy (non-hydrogen) atoms. The summed E-state index contributed by atoms with van der Waals surface area (Å²) < 4.78 is 0. The molecule has 2 aromatic rings. The number of amides is 1. The number of benzene rings is 1. The van der Waals surface area contributed by atoms with Crippen LogP contribution >= 0.6 is 23.7 Å². The predicted octanol–water partition coefficient (Wildman–Crippen LogP) is 3.61. The van der Waals surface area contributed by atoms with Crippen molar-refractivity contribution in [1.82, 2.24) is 4.98 Å². The van der Waals surface area contributed by atoms with Crippen LogP contribution in [0.1, 0.15) is 25.5 Å². The number of anilines is 1. The van der Waals surface area contributed by atoms with E-state index in [0.29, 0.717) is 6.42 Å². The standard InChI is InChI=1S/C15H19N3OS.ClH/c1-3-4-13(16)14(19)18-12-7-5-11(6-8-12)15-17-10(2)9-20-15;/h5-9,13H,3-4,16H2,1-2H3,(H,18,19);1H. The van der Waals surface area contributed by atoms with Gasteiger partial charge >= 0.3 is 0 Å². The maximum atomic E-state index is 11.8. The van der Waals surface area contributed by atoms with Crippen LogP contribution in [0.15, 0.2) is 29.6 Å². The van der Waals surface area contributed by atoms with E-state index >= 15 is 0 Å². The number of hydrogen-bond donors (Lipinski definition) is 2. The molecule has 0 aliphatic carbocycles. The van der Waals surface area contributed by atoms with Crippen LogP contribution in [0.4, 0.5) is 5.69 Å². The number of halogens is 1. The van der Waals surface area contributed by atoms with Gasteiger partial charge in [-0.3, -0.25) is 4.79 Å². The van der Waals surface area contributed by atoms with E-state index in [1.807, 2.05) is 43.5 Å². The molecule has 6 heteroatoms. The highest BCUT2D eigenvalue weighted by atomic mass is 35.5. The van der Waals surface area contributed by atoms with E-state index in [1.54, 1.807) is 11.3 Å². The number of carbonyl (C=O) groups excluding carboxylic acids is 1. The third-order valence-electron chi connectivity index (χ3n) is 2.95. The Morgan fingerprint density at radius 1 is 1.38 bits per heavy atom. The zero-order valence-electron chi connectivity index (χ0n) is 12.1. The molecular formula is C15H20ClN3OS. The number of aryl methyl sites for hydroxylation is 1. The molecule has 0 saturated heterocycles. The lowest BCUT2D eigenvalue weighted by atomic mass is 10.1.